The highest BCUT2D eigenvalue weighted by Gasteiger charge is 2.14. The van der Waals surface area contributed by atoms with Crippen LogP contribution in [0.3, 0.4) is 0 Å². The first-order valence-electron chi connectivity index (χ1n) is 8.76. The van der Waals surface area contributed by atoms with E-state index in [1.165, 1.54) is 0 Å². The molecule has 0 radical (unpaired) electrons. The fraction of sp³-hybridized carbons (Fsp3) is 0.389. The van der Waals surface area contributed by atoms with Crippen LogP contribution in [-0.2, 0) is 13.0 Å². The maximum atomic E-state index is 12.3. The van der Waals surface area contributed by atoms with E-state index in [1.807, 2.05) is 22.1 Å². The van der Waals surface area contributed by atoms with E-state index >= 15 is 0 Å². The monoisotopic (exact) mass is 385 g/mol. The Morgan fingerprint density at radius 1 is 1.41 bits per heavy atom. The van der Waals surface area contributed by atoms with Crippen LogP contribution in [0.15, 0.2) is 36.2 Å². The fourth-order valence-corrected chi connectivity index (χ4v) is 3.42. The first-order valence-corrected chi connectivity index (χ1v) is 9.64. The van der Waals surface area contributed by atoms with Crippen molar-refractivity contribution in [1.82, 2.24) is 34.9 Å². The lowest BCUT2D eigenvalue weighted by molar-refractivity contribution is 0.205. The van der Waals surface area contributed by atoms with E-state index in [0.717, 1.165) is 22.1 Å². The number of nitrogens with zero attached hydrogens (tertiary/aromatic N) is 6. The van der Waals surface area contributed by atoms with E-state index in [2.05, 4.69) is 39.3 Å². The van der Waals surface area contributed by atoms with E-state index in [0.29, 0.717) is 19.5 Å². The minimum Gasteiger partial charge on any atom is -0.338 e. The molecule has 3 aromatic heterocycles. The summed E-state index contributed by atoms with van der Waals surface area (Å²) in [5, 5.41) is 13.9. The molecule has 3 aromatic rings. The van der Waals surface area contributed by atoms with Gasteiger partial charge in [-0.1, -0.05) is 0 Å². The Kier molecular flexibility index (Phi) is 6.12. The van der Waals surface area contributed by atoms with Crippen molar-refractivity contribution in [2.24, 2.45) is 0 Å². The number of carbonyl (C=O) groups excluding carboxylic acids is 1. The molecule has 0 aliphatic heterocycles. The predicted molar refractivity (Wildman–Crippen MR) is 104 cm³/mol. The van der Waals surface area contributed by atoms with Gasteiger partial charge in [0, 0.05) is 49.4 Å². The molecule has 0 unspecified atom stereocenters. The third kappa shape index (κ3) is 4.88. The van der Waals surface area contributed by atoms with Gasteiger partial charge in [-0.05, 0) is 26.0 Å². The SMILES string of the molecule is CC(C)n1cnnc1CN(C)C(=O)NCCc1csc(-c2cccnc2)n1. The van der Waals surface area contributed by atoms with Crippen LogP contribution in [-0.4, -0.2) is 49.3 Å². The first-order chi connectivity index (χ1) is 13.0. The molecule has 2 amide bonds. The lowest BCUT2D eigenvalue weighted by atomic mass is 10.3. The van der Waals surface area contributed by atoms with Gasteiger partial charge < -0.3 is 14.8 Å². The number of aromatic nitrogens is 5. The largest absolute Gasteiger partial charge is 0.338 e. The molecule has 0 bridgehead atoms. The first kappa shape index (κ1) is 19.0. The van der Waals surface area contributed by atoms with Gasteiger partial charge in [0.1, 0.15) is 11.3 Å². The molecule has 142 valence electrons. The number of nitrogens with one attached hydrogen (secondary N) is 1. The van der Waals surface area contributed by atoms with E-state index < -0.39 is 0 Å². The summed E-state index contributed by atoms with van der Waals surface area (Å²) in [4.78, 5) is 22.6. The van der Waals surface area contributed by atoms with Crippen molar-refractivity contribution in [3.63, 3.8) is 0 Å². The third-order valence-electron chi connectivity index (χ3n) is 4.05. The van der Waals surface area contributed by atoms with Gasteiger partial charge in [-0.15, -0.1) is 21.5 Å². The Balaban J connectivity index is 1.48. The van der Waals surface area contributed by atoms with Crippen molar-refractivity contribution >= 4 is 17.4 Å². The summed E-state index contributed by atoms with van der Waals surface area (Å²) >= 11 is 1.58. The molecule has 3 heterocycles. The lowest BCUT2D eigenvalue weighted by Crippen LogP contribution is -2.38. The van der Waals surface area contributed by atoms with Crippen molar-refractivity contribution < 1.29 is 4.79 Å². The second-order valence-corrected chi connectivity index (χ2v) is 7.33. The zero-order valence-electron chi connectivity index (χ0n) is 15.7. The van der Waals surface area contributed by atoms with Gasteiger partial charge in [-0.2, -0.15) is 0 Å². The number of urea groups is 1. The zero-order valence-corrected chi connectivity index (χ0v) is 16.5. The summed E-state index contributed by atoms with van der Waals surface area (Å²) in [6.07, 6.45) is 5.91. The summed E-state index contributed by atoms with van der Waals surface area (Å²) in [7, 11) is 1.75. The summed E-state index contributed by atoms with van der Waals surface area (Å²) in [5.41, 5.74) is 1.97. The van der Waals surface area contributed by atoms with Gasteiger partial charge in [-0.3, -0.25) is 4.98 Å². The highest BCUT2D eigenvalue weighted by Crippen LogP contribution is 2.22. The maximum Gasteiger partial charge on any atom is 0.317 e. The molecule has 0 saturated carbocycles. The second kappa shape index (κ2) is 8.72. The topological polar surface area (TPSA) is 88.8 Å². The Hall–Kier alpha value is -2.81. The number of pyridine rings is 1. The van der Waals surface area contributed by atoms with Gasteiger partial charge in [-0.25, -0.2) is 9.78 Å². The molecule has 0 fully saturated rings. The molecule has 3 rings (SSSR count). The normalized spacial score (nSPS) is 11.0. The fourth-order valence-electron chi connectivity index (χ4n) is 2.57. The molecule has 9 heteroatoms. The summed E-state index contributed by atoms with van der Waals surface area (Å²) < 4.78 is 1.96. The number of hydrogen-bond acceptors (Lipinski definition) is 6. The highest BCUT2D eigenvalue weighted by molar-refractivity contribution is 7.13. The standard InChI is InChI=1S/C18H23N7OS/c1-13(2)25-12-21-23-16(25)10-24(3)18(26)20-8-6-15-11-27-17(22-15)14-5-4-7-19-9-14/h4-5,7,9,11-13H,6,8,10H2,1-3H3,(H,20,26). The summed E-state index contributed by atoms with van der Waals surface area (Å²) in [6, 6.07) is 4.00. The van der Waals surface area contributed by atoms with Gasteiger partial charge in [0.15, 0.2) is 5.82 Å². The highest BCUT2D eigenvalue weighted by atomic mass is 32.1. The summed E-state index contributed by atoms with van der Waals surface area (Å²) in [5.74, 6) is 0.767. The van der Waals surface area contributed by atoms with E-state index in [4.69, 9.17) is 0 Å². The predicted octanol–water partition coefficient (Wildman–Crippen LogP) is 2.76. The Bertz CT molecular complexity index is 875. The molecule has 0 aliphatic carbocycles. The van der Waals surface area contributed by atoms with Crippen molar-refractivity contribution in [2.45, 2.75) is 32.9 Å². The smallest absolute Gasteiger partial charge is 0.317 e. The number of amides is 2. The van der Waals surface area contributed by atoms with Gasteiger partial charge in [0.25, 0.3) is 0 Å². The van der Waals surface area contributed by atoms with Crippen LogP contribution in [0.5, 0.6) is 0 Å². The third-order valence-corrected chi connectivity index (χ3v) is 4.99. The molecule has 1 N–H and O–H groups in total. The lowest BCUT2D eigenvalue weighted by Gasteiger charge is -2.18. The number of thiazole rings is 1. The van der Waals surface area contributed by atoms with E-state index in [9.17, 15) is 4.79 Å². The van der Waals surface area contributed by atoms with Crippen LogP contribution in [0, 0.1) is 0 Å². The molecule has 0 spiro atoms. The van der Waals surface area contributed by atoms with Crippen molar-refractivity contribution in [3.05, 3.63) is 47.8 Å². The van der Waals surface area contributed by atoms with E-state index in [-0.39, 0.29) is 12.1 Å². The van der Waals surface area contributed by atoms with Crippen molar-refractivity contribution in [1.29, 1.82) is 0 Å². The summed E-state index contributed by atoms with van der Waals surface area (Å²) in [6.45, 7) is 5.04. The van der Waals surface area contributed by atoms with E-state index in [1.54, 1.807) is 42.0 Å². The molecule has 0 atom stereocenters. The van der Waals surface area contributed by atoms with Crippen LogP contribution in [0.25, 0.3) is 10.6 Å². The molecule has 0 saturated heterocycles. The average Bonchev–Trinajstić information content (AvgIpc) is 3.32. The van der Waals surface area contributed by atoms with Crippen LogP contribution < -0.4 is 5.32 Å². The molecule has 0 aromatic carbocycles. The average molecular weight is 385 g/mol. The minimum atomic E-state index is -0.143. The molecule has 8 nitrogen and oxygen atoms in total. The zero-order chi connectivity index (χ0) is 19.2. The Morgan fingerprint density at radius 2 is 2.26 bits per heavy atom. The van der Waals surface area contributed by atoms with Gasteiger partial charge in [0.2, 0.25) is 0 Å². The Morgan fingerprint density at radius 3 is 3.00 bits per heavy atom. The molecule has 0 aliphatic rings. The Labute approximate surface area is 162 Å². The number of carbonyl (C=O) groups is 1. The van der Waals surface area contributed by atoms with Crippen molar-refractivity contribution in [2.75, 3.05) is 13.6 Å². The maximum absolute atomic E-state index is 12.3. The molecular weight excluding hydrogens is 362 g/mol. The number of rotatable bonds is 7. The van der Waals surface area contributed by atoms with Gasteiger partial charge >= 0.3 is 6.03 Å². The van der Waals surface area contributed by atoms with Crippen LogP contribution >= 0.6 is 11.3 Å². The van der Waals surface area contributed by atoms with Crippen LogP contribution in [0.4, 0.5) is 4.79 Å². The second-order valence-electron chi connectivity index (χ2n) is 6.47. The molecular formula is C18H23N7OS. The minimum absolute atomic E-state index is 0.143. The van der Waals surface area contributed by atoms with Crippen molar-refractivity contribution in [3.8, 4) is 10.6 Å². The number of hydrogen-bond donors (Lipinski definition) is 1. The van der Waals surface area contributed by atoms with Crippen LogP contribution in [0.2, 0.25) is 0 Å². The van der Waals surface area contributed by atoms with Crippen LogP contribution in [0.1, 0.15) is 31.4 Å². The quantitative estimate of drug-likeness (QED) is 0.675. The van der Waals surface area contributed by atoms with Gasteiger partial charge in [0.05, 0.1) is 12.2 Å². The molecule has 27 heavy (non-hydrogen) atoms.